The number of nitrogens with one attached hydrogen (secondary N) is 1. The van der Waals surface area contributed by atoms with Gasteiger partial charge in [-0.25, -0.2) is 0 Å². The molecule has 0 saturated carbocycles. The molecule has 0 fully saturated rings. The van der Waals surface area contributed by atoms with E-state index < -0.39 is 5.41 Å². The predicted octanol–water partition coefficient (Wildman–Crippen LogP) is 3.45. The van der Waals surface area contributed by atoms with E-state index in [0.29, 0.717) is 26.0 Å². The quantitative estimate of drug-likeness (QED) is 0.878. The summed E-state index contributed by atoms with van der Waals surface area (Å²) in [5.74, 6) is -0.110. The van der Waals surface area contributed by atoms with Gasteiger partial charge in [-0.15, -0.1) is 0 Å². The monoisotopic (exact) mass is 295 g/mol. The molecule has 0 aliphatic carbocycles. The Labute approximate surface area is 131 Å². The summed E-state index contributed by atoms with van der Waals surface area (Å²) in [6.45, 7) is 2.88. The maximum absolute atomic E-state index is 12.7. The Bertz CT molecular complexity index is 653. The van der Waals surface area contributed by atoms with Gasteiger partial charge in [0.15, 0.2) is 0 Å². The molecule has 0 unspecified atom stereocenters. The molecular formula is C19H21NO2. The summed E-state index contributed by atoms with van der Waals surface area (Å²) in [6.07, 6.45) is 1.40. The molecule has 0 spiro atoms. The van der Waals surface area contributed by atoms with Gasteiger partial charge in [-0.2, -0.15) is 0 Å². The number of ether oxygens (including phenoxy) is 1. The summed E-state index contributed by atoms with van der Waals surface area (Å²) in [5, 5.41) is 3.41. The Morgan fingerprint density at radius 3 is 2.64 bits per heavy atom. The maximum atomic E-state index is 12.7. The minimum Gasteiger partial charge on any atom is -0.465 e. The second-order valence-corrected chi connectivity index (χ2v) is 5.85. The molecule has 1 aliphatic rings. The Kier molecular flexibility index (Phi) is 4.14. The van der Waals surface area contributed by atoms with Gasteiger partial charge in [-0.1, -0.05) is 48.5 Å². The van der Waals surface area contributed by atoms with Crippen LogP contribution in [0.5, 0.6) is 0 Å². The largest absolute Gasteiger partial charge is 0.465 e. The number of carbonyl (C=O) groups excluding carboxylic acids is 1. The smallest absolute Gasteiger partial charge is 0.314 e. The van der Waals surface area contributed by atoms with Crippen LogP contribution in [0.2, 0.25) is 0 Å². The van der Waals surface area contributed by atoms with Crippen molar-refractivity contribution in [3.8, 4) is 0 Å². The first-order valence-electron chi connectivity index (χ1n) is 7.76. The van der Waals surface area contributed by atoms with Crippen LogP contribution in [0.25, 0.3) is 0 Å². The van der Waals surface area contributed by atoms with Crippen molar-refractivity contribution in [2.75, 3.05) is 18.5 Å². The molecule has 1 atom stereocenters. The van der Waals surface area contributed by atoms with Gasteiger partial charge in [0.1, 0.15) is 0 Å². The number of hydrogen-bond donors (Lipinski definition) is 1. The van der Waals surface area contributed by atoms with E-state index in [0.717, 1.165) is 11.3 Å². The molecule has 0 amide bonds. The average Bonchev–Trinajstić information content (AvgIpc) is 2.56. The molecule has 3 heteroatoms. The molecule has 0 aromatic heterocycles. The van der Waals surface area contributed by atoms with E-state index in [-0.39, 0.29) is 5.97 Å². The van der Waals surface area contributed by atoms with Crippen LogP contribution in [0.4, 0.5) is 5.69 Å². The lowest BCUT2D eigenvalue weighted by atomic mass is 9.74. The lowest BCUT2D eigenvalue weighted by molar-refractivity contribution is -0.154. The molecule has 3 nitrogen and oxygen atoms in total. The van der Waals surface area contributed by atoms with Gasteiger partial charge >= 0.3 is 5.97 Å². The van der Waals surface area contributed by atoms with Crippen molar-refractivity contribution in [1.82, 2.24) is 0 Å². The second kappa shape index (κ2) is 6.22. The van der Waals surface area contributed by atoms with E-state index in [1.807, 2.05) is 37.3 Å². The van der Waals surface area contributed by atoms with Gasteiger partial charge < -0.3 is 10.1 Å². The molecule has 22 heavy (non-hydrogen) atoms. The molecule has 1 N–H and O–H groups in total. The van der Waals surface area contributed by atoms with Gasteiger partial charge in [0, 0.05) is 12.2 Å². The predicted molar refractivity (Wildman–Crippen MR) is 87.8 cm³/mol. The highest BCUT2D eigenvalue weighted by Gasteiger charge is 2.42. The molecule has 1 heterocycles. The lowest BCUT2D eigenvalue weighted by Gasteiger charge is -2.37. The number of hydrogen-bond acceptors (Lipinski definition) is 3. The zero-order chi connectivity index (χ0) is 15.4. The molecule has 2 aromatic rings. The van der Waals surface area contributed by atoms with Crippen LogP contribution >= 0.6 is 0 Å². The van der Waals surface area contributed by atoms with E-state index in [4.69, 9.17) is 4.74 Å². The van der Waals surface area contributed by atoms with Crippen LogP contribution in [0.3, 0.4) is 0 Å². The van der Waals surface area contributed by atoms with E-state index >= 15 is 0 Å². The van der Waals surface area contributed by atoms with Gasteiger partial charge in [0.2, 0.25) is 0 Å². The van der Waals surface area contributed by atoms with Crippen LogP contribution < -0.4 is 5.32 Å². The van der Waals surface area contributed by atoms with E-state index in [1.54, 1.807) is 0 Å². The van der Waals surface area contributed by atoms with Gasteiger partial charge in [0.05, 0.1) is 12.0 Å². The SMILES string of the molecule is CCOC(=O)[C@@]1(Cc2ccccc2)CNc2ccccc2C1. The van der Waals surface area contributed by atoms with Crippen LogP contribution in [0, 0.1) is 5.41 Å². The standard InChI is InChI=1S/C19H21NO2/c1-2-22-18(21)19(12-15-8-4-3-5-9-15)13-16-10-6-7-11-17(16)20-14-19/h3-11,20H,2,12-14H2,1H3/t19-/m1/s1. The highest BCUT2D eigenvalue weighted by atomic mass is 16.5. The summed E-state index contributed by atoms with van der Waals surface area (Å²) >= 11 is 0. The molecule has 0 saturated heterocycles. The fraction of sp³-hybridized carbons (Fsp3) is 0.316. The highest BCUT2D eigenvalue weighted by molar-refractivity contribution is 5.80. The Morgan fingerprint density at radius 1 is 1.14 bits per heavy atom. The molecule has 0 bridgehead atoms. The first kappa shape index (κ1) is 14.6. The van der Waals surface area contributed by atoms with Crippen molar-refractivity contribution in [3.63, 3.8) is 0 Å². The average molecular weight is 295 g/mol. The summed E-state index contributed by atoms with van der Waals surface area (Å²) in [4.78, 5) is 12.7. The highest BCUT2D eigenvalue weighted by Crippen LogP contribution is 2.36. The van der Waals surface area contributed by atoms with E-state index in [1.165, 1.54) is 5.56 Å². The van der Waals surface area contributed by atoms with Crippen molar-refractivity contribution < 1.29 is 9.53 Å². The number of esters is 1. The third-order valence-electron chi connectivity index (χ3n) is 4.26. The third kappa shape index (κ3) is 2.84. The third-order valence-corrected chi connectivity index (χ3v) is 4.26. The lowest BCUT2D eigenvalue weighted by Crippen LogP contribution is -2.45. The van der Waals surface area contributed by atoms with Gasteiger partial charge in [-0.05, 0) is 37.0 Å². The maximum Gasteiger partial charge on any atom is 0.314 e. The number of para-hydroxylation sites is 1. The summed E-state index contributed by atoms with van der Waals surface area (Å²) in [5.41, 5.74) is 2.93. The molecule has 114 valence electrons. The van der Waals surface area contributed by atoms with Crippen LogP contribution in [-0.2, 0) is 22.4 Å². The second-order valence-electron chi connectivity index (χ2n) is 5.85. The van der Waals surface area contributed by atoms with Crippen molar-refractivity contribution in [3.05, 3.63) is 65.7 Å². The Hall–Kier alpha value is -2.29. The molecular weight excluding hydrogens is 274 g/mol. The molecule has 3 rings (SSSR count). The number of anilines is 1. The first-order valence-corrected chi connectivity index (χ1v) is 7.76. The number of fused-ring (bicyclic) bond motifs is 1. The number of benzene rings is 2. The van der Waals surface area contributed by atoms with Crippen LogP contribution in [0.15, 0.2) is 54.6 Å². The fourth-order valence-corrected chi connectivity index (χ4v) is 3.15. The minimum absolute atomic E-state index is 0.110. The fourth-order valence-electron chi connectivity index (χ4n) is 3.15. The number of rotatable bonds is 4. The normalized spacial score (nSPS) is 19.9. The molecule has 2 aromatic carbocycles. The summed E-state index contributed by atoms with van der Waals surface area (Å²) in [7, 11) is 0. The zero-order valence-electron chi connectivity index (χ0n) is 12.8. The summed E-state index contributed by atoms with van der Waals surface area (Å²) < 4.78 is 5.39. The summed E-state index contributed by atoms with van der Waals surface area (Å²) in [6, 6.07) is 18.3. The van der Waals surface area contributed by atoms with Crippen LogP contribution in [0.1, 0.15) is 18.1 Å². The van der Waals surface area contributed by atoms with Crippen molar-refractivity contribution in [2.45, 2.75) is 19.8 Å². The number of carbonyl (C=O) groups is 1. The topological polar surface area (TPSA) is 38.3 Å². The van der Waals surface area contributed by atoms with Gasteiger partial charge in [0.25, 0.3) is 0 Å². The van der Waals surface area contributed by atoms with Crippen molar-refractivity contribution >= 4 is 11.7 Å². The molecule has 1 aliphatic heterocycles. The van der Waals surface area contributed by atoms with Crippen LogP contribution in [-0.4, -0.2) is 19.1 Å². The van der Waals surface area contributed by atoms with Gasteiger partial charge in [-0.3, -0.25) is 4.79 Å². The molecule has 0 radical (unpaired) electrons. The Morgan fingerprint density at radius 2 is 1.86 bits per heavy atom. The van der Waals surface area contributed by atoms with E-state index in [9.17, 15) is 4.79 Å². The van der Waals surface area contributed by atoms with E-state index in [2.05, 4.69) is 29.6 Å². The zero-order valence-corrected chi connectivity index (χ0v) is 12.8. The first-order chi connectivity index (χ1) is 10.7. The van der Waals surface area contributed by atoms with Crippen molar-refractivity contribution in [1.29, 1.82) is 0 Å². The van der Waals surface area contributed by atoms with Crippen molar-refractivity contribution in [2.24, 2.45) is 5.41 Å². The Balaban J connectivity index is 1.93. The minimum atomic E-state index is -0.536.